The highest BCUT2D eigenvalue weighted by atomic mass is 79.9. The number of rotatable bonds is 7. The molecule has 0 radical (unpaired) electrons. The van der Waals surface area contributed by atoms with Gasteiger partial charge >= 0.3 is 0 Å². The van der Waals surface area contributed by atoms with Crippen LogP contribution in [0, 0.1) is 0 Å². The predicted octanol–water partition coefficient (Wildman–Crippen LogP) is 7.19. The number of hydrogen-bond acceptors (Lipinski definition) is 3. The highest BCUT2D eigenvalue weighted by molar-refractivity contribution is 9.10. The van der Waals surface area contributed by atoms with E-state index in [9.17, 15) is 0 Å². The Morgan fingerprint density at radius 2 is 1.84 bits per heavy atom. The number of nitrogens with one attached hydrogen (secondary N) is 2. The molecule has 0 spiro atoms. The molecule has 0 aliphatic carbocycles. The second-order valence-corrected chi connectivity index (χ2v) is 10.3. The molecule has 0 bridgehead atoms. The lowest BCUT2D eigenvalue weighted by Gasteiger charge is -2.24. The molecule has 1 aliphatic rings. The van der Waals surface area contributed by atoms with Gasteiger partial charge in [-0.15, -0.1) is 11.8 Å². The van der Waals surface area contributed by atoms with E-state index in [2.05, 4.69) is 80.8 Å². The van der Waals surface area contributed by atoms with Crippen LogP contribution in [0.25, 0.3) is 22.0 Å². The molecule has 1 aliphatic heterocycles. The zero-order valence-electron chi connectivity index (χ0n) is 18.2. The monoisotopic (exact) mass is 506 g/mol. The molecule has 3 nitrogen and oxygen atoms in total. The SMILES string of the molecule is COc1ccc(-c2ccc(Br)c3[nH]c4c(c23)CNC(CCCSc2ccccc2)C4)cc1. The lowest BCUT2D eigenvalue weighted by molar-refractivity contribution is 0.415. The quantitative estimate of drug-likeness (QED) is 0.205. The van der Waals surface area contributed by atoms with Crippen LogP contribution in [0.4, 0.5) is 0 Å². The fourth-order valence-corrected chi connectivity index (χ4v) is 5.90. The number of aromatic nitrogens is 1. The number of aromatic amines is 1. The van der Waals surface area contributed by atoms with Gasteiger partial charge in [-0.25, -0.2) is 0 Å². The lowest BCUT2D eigenvalue weighted by Crippen LogP contribution is -2.35. The molecular weight excluding hydrogens is 480 g/mol. The van der Waals surface area contributed by atoms with Gasteiger partial charge < -0.3 is 15.0 Å². The average Bonchev–Trinajstić information content (AvgIpc) is 3.23. The Labute approximate surface area is 202 Å². The summed E-state index contributed by atoms with van der Waals surface area (Å²) < 4.78 is 6.46. The number of hydrogen-bond donors (Lipinski definition) is 2. The van der Waals surface area contributed by atoms with Crippen LogP contribution in [0.5, 0.6) is 5.75 Å². The summed E-state index contributed by atoms with van der Waals surface area (Å²) >= 11 is 5.72. The summed E-state index contributed by atoms with van der Waals surface area (Å²) in [4.78, 5) is 5.11. The van der Waals surface area contributed by atoms with Crippen molar-refractivity contribution in [1.82, 2.24) is 10.3 Å². The number of methoxy groups -OCH3 is 1. The lowest BCUT2D eigenvalue weighted by atomic mass is 9.94. The van der Waals surface area contributed by atoms with E-state index in [4.69, 9.17) is 4.74 Å². The second-order valence-electron chi connectivity index (χ2n) is 8.24. The van der Waals surface area contributed by atoms with E-state index in [1.54, 1.807) is 7.11 Å². The second kappa shape index (κ2) is 9.74. The average molecular weight is 507 g/mol. The van der Waals surface area contributed by atoms with Gasteiger partial charge in [0.2, 0.25) is 0 Å². The normalized spacial score (nSPS) is 15.6. The van der Waals surface area contributed by atoms with Gasteiger partial charge in [0.1, 0.15) is 5.75 Å². The van der Waals surface area contributed by atoms with Crippen LogP contribution in [-0.2, 0) is 13.0 Å². The van der Waals surface area contributed by atoms with Crippen molar-refractivity contribution in [2.45, 2.75) is 36.7 Å². The molecule has 32 heavy (non-hydrogen) atoms. The summed E-state index contributed by atoms with van der Waals surface area (Å²) in [5.41, 5.74) is 6.46. The zero-order valence-corrected chi connectivity index (χ0v) is 20.6. The molecule has 0 saturated carbocycles. The van der Waals surface area contributed by atoms with Crippen molar-refractivity contribution in [3.63, 3.8) is 0 Å². The molecule has 5 rings (SSSR count). The van der Waals surface area contributed by atoms with E-state index < -0.39 is 0 Å². The number of ether oxygens (including phenoxy) is 1. The number of fused-ring (bicyclic) bond motifs is 3. The van der Waals surface area contributed by atoms with Gasteiger partial charge in [-0.3, -0.25) is 0 Å². The Hall–Kier alpha value is -2.21. The number of benzene rings is 3. The summed E-state index contributed by atoms with van der Waals surface area (Å²) in [5, 5.41) is 5.13. The summed E-state index contributed by atoms with van der Waals surface area (Å²) in [6.45, 7) is 0.908. The van der Waals surface area contributed by atoms with Crippen LogP contribution >= 0.6 is 27.7 Å². The highest BCUT2D eigenvalue weighted by Crippen LogP contribution is 2.39. The molecule has 3 aromatic carbocycles. The van der Waals surface area contributed by atoms with E-state index >= 15 is 0 Å². The minimum atomic E-state index is 0.523. The topological polar surface area (TPSA) is 37.0 Å². The summed E-state index contributed by atoms with van der Waals surface area (Å²) in [6.07, 6.45) is 3.46. The van der Waals surface area contributed by atoms with Crippen molar-refractivity contribution in [2.24, 2.45) is 0 Å². The minimum Gasteiger partial charge on any atom is -0.497 e. The van der Waals surface area contributed by atoms with Crippen LogP contribution in [0.3, 0.4) is 0 Å². The molecule has 1 atom stereocenters. The Morgan fingerprint density at radius 1 is 1.03 bits per heavy atom. The fourth-order valence-electron chi connectivity index (χ4n) is 4.58. The fraction of sp³-hybridized carbons (Fsp3) is 0.259. The number of halogens is 1. The summed E-state index contributed by atoms with van der Waals surface area (Å²) in [7, 11) is 1.71. The molecule has 1 unspecified atom stereocenters. The molecule has 4 aromatic rings. The van der Waals surface area contributed by atoms with Crippen LogP contribution in [0.15, 0.2) is 76.1 Å². The third-order valence-corrected chi connectivity index (χ3v) is 7.98. The molecule has 0 fully saturated rings. The first-order chi connectivity index (χ1) is 15.7. The third-order valence-electron chi connectivity index (χ3n) is 6.22. The van der Waals surface area contributed by atoms with Gasteiger partial charge in [-0.2, -0.15) is 0 Å². The van der Waals surface area contributed by atoms with Crippen LogP contribution in [0.2, 0.25) is 0 Å². The van der Waals surface area contributed by atoms with Gasteiger partial charge in [0.05, 0.1) is 12.6 Å². The van der Waals surface area contributed by atoms with Gasteiger partial charge in [0, 0.05) is 39.5 Å². The molecule has 5 heteroatoms. The molecule has 0 saturated heterocycles. The molecule has 1 aromatic heterocycles. The van der Waals surface area contributed by atoms with Crippen molar-refractivity contribution >= 4 is 38.6 Å². The smallest absolute Gasteiger partial charge is 0.118 e. The van der Waals surface area contributed by atoms with Crippen molar-refractivity contribution in [2.75, 3.05) is 12.9 Å². The van der Waals surface area contributed by atoms with Crippen molar-refractivity contribution in [3.05, 3.63) is 82.5 Å². The summed E-state index contributed by atoms with van der Waals surface area (Å²) in [5.74, 6) is 2.04. The maximum absolute atomic E-state index is 5.34. The first-order valence-electron chi connectivity index (χ1n) is 11.1. The predicted molar refractivity (Wildman–Crippen MR) is 139 cm³/mol. The van der Waals surface area contributed by atoms with Crippen molar-refractivity contribution < 1.29 is 4.74 Å². The van der Waals surface area contributed by atoms with Crippen LogP contribution in [-0.4, -0.2) is 23.9 Å². The van der Waals surface area contributed by atoms with Crippen molar-refractivity contribution in [3.8, 4) is 16.9 Å². The first-order valence-corrected chi connectivity index (χ1v) is 12.9. The first kappa shape index (κ1) is 21.6. The van der Waals surface area contributed by atoms with Gasteiger partial charge in [-0.05, 0) is 81.5 Å². The molecule has 0 amide bonds. The largest absolute Gasteiger partial charge is 0.497 e. The third kappa shape index (κ3) is 4.47. The maximum Gasteiger partial charge on any atom is 0.118 e. The molecule has 2 N–H and O–H groups in total. The Bertz CT molecular complexity index is 1200. The van der Waals surface area contributed by atoms with Crippen molar-refractivity contribution in [1.29, 1.82) is 0 Å². The Kier molecular flexibility index (Phi) is 6.58. The Balaban J connectivity index is 1.33. The van der Waals surface area contributed by atoms with E-state index in [0.717, 1.165) is 28.9 Å². The number of H-pyrrole nitrogens is 1. The molecule has 164 valence electrons. The zero-order chi connectivity index (χ0) is 21.9. The van der Waals surface area contributed by atoms with E-state index in [0.29, 0.717) is 6.04 Å². The van der Waals surface area contributed by atoms with Crippen LogP contribution in [0.1, 0.15) is 24.1 Å². The van der Waals surface area contributed by atoms with Gasteiger partial charge in [0.15, 0.2) is 0 Å². The maximum atomic E-state index is 5.34. The molecular formula is C27H27BrN2OS. The van der Waals surface area contributed by atoms with Crippen LogP contribution < -0.4 is 10.1 Å². The van der Waals surface area contributed by atoms with E-state index in [-0.39, 0.29) is 0 Å². The highest BCUT2D eigenvalue weighted by Gasteiger charge is 2.24. The van der Waals surface area contributed by atoms with Gasteiger partial charge in [-0.1, -0.05) is 36.4 Å². The minimum absolute atomic E-state index is 0.523. The molecule has 2 heterocycles. The number of thioether (sulfide) groups is 1. The van der Waals surface area contributed by atoms with E-state index in [1.165, 1.54) is 51.0 Å². The van der Waals surface area contributed by atoms with Gasteiger partial charge in [0.25, 0.3) is 0 Å². The Morgan fingerprint density at radius 3 is 2.62 bits per heavy atom. The standard InChI is InChI=1S/C27H27BrN2OS/c1-31-20-11-9-18(10-12-20)22-13-14-24(28)27-26(22)23-17-29-19(16-25(23)30-27)6-5-15-32-21-7-3-2-4-8-21/h2-4,7-14,19,29-30H,5-6,15-17H2,1H3. The van der Waals surface area contributed by atoms with E-state index in [1.807, 2.05) is 23.9 Å². The summed E-state index contributed by atoms with van der Waals surface area (Å²) in [6, 6.07) is 23.9.